The molecule has 0 saturated carbocycles. The topological polar surface area (TPSA) is 101 Å². The van der Waals surface area contributed by atoms with E-state index in [0.717, 1.165) is 11.4 Å². The minimum Gasteiger partial charge on any atom is -0.491 e. The van der Waals surface area contributed by atoms with Gasteiger partial charge < -0.3 is 24.8 Å². The molecule has 0 spiro atoms. The number of nitrogens with zero attached hydrogens (tertiary/aromatic N) is 4. The molecule has 1 aliphatic heterocycles. The van der Waals surface area contributed by atoms with Gasteiger partial charge in [-0.15, -0.1) is 0 Å². The van der Waals surface area contributed by atoms with E-state index in [1.165, 1.54) is 6.07 Å². The highest BCUT2D eigenvalue weighted by Crippen LogP contribution is 2.34. The number of hydrogen-bond acceptors (Lipinski definition) is 6. The molecule has 0 bridgehead atoms. The van der Waals surface area contributed by atoms with Crippen molar-refractivity contribution in [3.8, 4) is 17.1 Å². The lowest BCUT2D eigenvalue weighted by Gasteiger charge is -2.40. The molecule has 1 fully saturated rings. The first-order valence-electron chi connectivity index (χ1n) is 11.8. The standard InChI is InChI=1S/C26H28FN5O4/c1-26(30-25(33)34)8-11-31(12-9-26)21-6-4-19(27)18-3-5-20(29-24(18)21)22-16-28-23-15-17(7-10-32(22)23)36-14-13-35-2/h3-7,10,15-16,30H,8-9,11-14H2,1-2H3,(H,33,34). The Morgan fingerprint density at radius 2 is 2.00 bits per heavy atom. The molecule has 0 aliphatic carbocycles. The van der Waals surface area contributed by atoms with E-state index in [0.29, 0.717) is 67.1 Å². The maximum Gasteiger partial charge on any atom is 0.405 e. The van der Waals surface area contributed by atoms with Gasteiger partial charge in [-0.2, -0.15) is 0 Å². The van der Waals surface area contributed by atoms with Gasteiger partial charge in [0.25, 0.3) is 0 Å². The highest BCUT2D eigenvalue weighted by molar-refractivity contribution is 5.93. The number of hydrogen-bond donors (Lipinski definition) is 2. The zero-order valence-electron chi connectivity index (χ0n) is 20.2. The molecule has 4 heterocycles. The van der Waals surface area contributed by atoms with Crippen LogP contribution in [-0.4, -0.2) is 64.5 Å². The molecule has 10 heteroatoms. The van der Waals surface area contributed by atoms with Gasteiger partial charge in [0.05, 0.1) is 35.4 Å². The molecule has 36 heavy (non-hydrogen) atoms. The number of pyridine rings is 2. The lowest BCUT2D eigenvalue weighted by molar-refractivity contribution is 0.146. The van der Waals surface area contributed by atoms with Crippen LogP contribution in [0.15, 0.2) is 48.8 Å². The molecule has 0 unspecified atom stereocenters. The third-order valence-corrected chi connectivity index (χ3v) is 6.70. The minimum absolute atomic E-state index is 0.335. The van der Waals surface area contributed by atoms with Crippen molar-refractivity contribution >= 4 is 28.3 Å². The second-order valence-electron chi connectivity index (χ2n) is 9.21. The lowest BCUT2D eigenvalue weighted by Crippen LogP contribution is -2.53. The number of methoxy groups -OCH3 is 1. The third-order valence-electron chi connectivity index (χ3n) is 6.70. The molecule has 1 saturated heterocycles. The largest absolute Gasteiger partial charge is 0.491 e. The van der Waals surface area contributed by atoms with E-state index in [4.69, 9.17) is 19.6 Å². The number of imidazole rings is 1. The van der Waals surface area contributed by atoms with Crippen molar-refractivity contribution in [2.24, 2.45) is 0 Å². The summed E-state index contributed by atoms with van der Waals surface area (Å²) >= 11 is 0. The minimum atomic E-state index is -1.02. The van der Waals surface area contributed by atoms with Crippen LogP contribution in [0.2, 0.25) is 0 Å². The monoisotopic (exact) mass is 493 g/mol. The zero-order valence-corrected chi connectivity index (χ0v) is 20.2. The van der Waals surface area contributed by atoms with Crippen molar-refractivity contribution in [2.75, 3.05) is 38.3 Å². The smallest absolute Gasteiger partial charge is 0.405 e. The Balaban J connectivity index is 1.47. The predicted molar refractivity (Wildman–Crippen MR) is 134 cm³/mol. The van der Waals surface area contributed by atoms with Crippen molar-refractivity contribution in [1.82, 2.24) is 19.7 Å². The number of benzene rings is 1. The number of rotatable bonds is 7. The quantitative estimate of drug-likeness (QED) is 0.369. The van der Waals surface area contributed by atoms with E-state index in [2.05, 4.69) is 15.2 Å². The van der Waals surface area contributed by atoms with Crippen molar-refractivity contribution in [3.63, 3.8) is 0 Å². The average molecular weight is 494 g/mol. The summed E-state index contributed by atoms with van der Waals surface area (Å²) in [7, 11) is 1.63. The van der Waals surface area contributed by atoms with Crippen molar-refractivity contribution in [2.45, 2.75) is 25.3 Å². The number of carbonyl (C=O) groups is 1. The van der Waals surface area contributed by atoms with Crippen LogP contribution in [-0.2, 0) is 4.74 Å². The Kier molecular flexibility index (Phi) is 6.36. The van der Waals surface area contributed by atoms with Gasteiger partial charge in [-0.1, -0.05) is 0 Å². The maximum absolute atomic E-state index is 14.7. The number of halogens is 1. The van der Waals surface area contributed by atoms with Crippen LogP contribution in [0.3, 0.4) is 0 Å². The summed E-state index contributed by atoms with van der Waals surface area (Å²) in [6, 6.07) is 10.5. The fourth-order valence-corrected chi connectivity index (χ4v) is 4.67. The van der Waals surface area contributed by atoms with Crippen LogP contribution in [0.25, 0.3) is 27.9 Å². The van der Waals surface area contributed by atoms with Gasteiger partial charge in [-0.05, 0) is 50.1 Å². The Labute approximate surface area is 207 Å². The fraction of sp³-hybridized carbons (Fsp3) is 0.346. The molecule has 9 nitrogen and oxygen atoms in total. The zero-order chi connectivity index (χ0) is 25.3. The summed E-state index contributed by atoms with van der Waals surface area (Å²) < 4.78 is 27.3. The SMILES string of the molecule is COCCOc1ccn2c(-c3ccc4c(F)ccc(N5CCC(C)(NC(=O)O)CC5)c4n3)cnc2c1. The first-order valence-corrected chi connectivity index (χ1v) is 11.8. The number of fused-ring (bicyclic) bond motifs is 2. The second-order valence-corrected chi connectivity index (χ2v) is 9.21. The van der Waals surface area contributed by atoms with E-state index in [9.17, 15) is 9.18 Å². The van der Waals surface area contributed by atoms with Crippen molar-refractivity contribution < 1.29 is 23.8 Å². The molecule has 1 aromatic carbocycles. The van der Waals surface area contributed by atoms with E-state index < -0.39 is 11.6 Å². The van der Waals surface area contributed by atoms with Crippen LogP contribution in [0.5, 0.6) is 5.75 Å². The normalized spacial score (nSPS) is 15.4. The highest BCUT2D eigenvalue weighted by Gasteiger charge is 2.32. The summed E-state index contributed by atoms with van der Waals surface area (Å²) in [5.41, 5.74) is 3.07. The number of carboxylic acid groups (broad SMARTS) is 1. The van der Waals surface area contributed by atoms with Crippen LogP contribution in [0, 0.1) is 5.82 Å². The molecular weight excluding hydrogens is 465 g/mol. The maximum atomic E-state index is 14.7. The highest BCUT2D eigenvalue weighted by atomic mass is 19.1. The molecule has 0 radical (unpaired) electrons. The summed E-state index contributed by atoms with van der Waals surface area (Å²) in [5.74, 6) is 0.361. The number of anilines is 1. The van der Waals surface area contributed by atoms with Crippen molar-refractivity contribution in [3.05, 3.63) is 54.6 Å². The van der Waals surface area contributed by atoms with Gasteiger partial charge in [0.2, 0.25) is 0 Å². The summed E-state index contributed by atoms with van der Waals surface area (Å²) in [6.45, 7) is 4.12. The molecular formula is C26H28FN5O4. The van der Waals surface area contributed by atoms with E-state index >= 15 is 0 Å². The van der Waals surface area contributed by atoms with Crippen LogP contribution in [0.1, 0.15) is 19.8 Å². The molecule has 0 atom stereocenters. The Morgan fingerprint density at radius 3 is 2.75 bits per heavy atom. The lowest BCUT2D eigenvalue weighted by atomic mass is 9.89. The molecule has 5 rings (SSSR count). The molecule has 4 aromatic rings. The summed E-state index contributed by atoms with van der Waals surface area (Å²) in [4.78, 5) is 22.7. The third kappa shape index (κ3) is 4.64. The molecule has 1 aliphatic rings. The van der Waals surface area contributed by atoms with Gasteiger partial charge in [-0.3, -0.25) is 4.40 Å². The number of piperidine rings is 1. The molecule has 1 amide bonds. The summed E-state index contributed by atoms with van der Waals surface area (Å²) in [6.07, 6.45) is 3.87. The first-order chi connectivity index (χ1) is 17.4. The van der Waals surface area contributed by atoms with Crippen molar-refractivity contribution in [1.29, 1.82) is 0 Å². The number of aromatic nitrogens is 3. The number of ether oxygens (including phenoxy) is 2. The number of amides is 1. The van der Waals surface area contributed by atoms with Gasteiger partial charge in [0.15, 0.2) is 0 Å². The second kappa shape index (κ2) is 9.62. The van der Waals surface area contributed by atoms with E-state index in [-0.39, 0.29) is 5.82 Å². The number of nitrogens with one attached hydrogen (secondary N) is 1. The first kappa shape index (κ1) is 23.8. The van der Waals surface area contributed by atoms with Gasteiger partial charge in [0, 0.05) is 43.4 Å². The van der Waals surface area contributed by atoms with Crippen LogP contribution >= 0.6 is 0 Å². The molecule has 3 aromatic heterocycles. The molecule has 188 valence electrons. The van der Waals surface area contributed by atoms with E-state index in [1.807, 2.05) is 29.7 Å². The molecule has 2 N–H and O–H groups in total. The van der Waals surface area contributed by atoms with Crippen LogP contribution < -0.4 is 15.0 Å². The van der Waals surface area contributed by atoms with Crippen LogP contribution in [0.4, 0.5) is 14.9 Å². The van der Waals surface area contributed by atoms with Gasteiger partial charge in [-0.25, -0.2) is 19.2 Å². The Hall–Kier alpha value is -3.92. The summed E-state index contributed by atoms with van der Waals surface area (Å²) in [5, 5.41) is 12.2. The fourth-order valence-electron chi connectivity index (χ4n) is 4.67. The average Bonchev–Trinajstić information content (AvgIpc) is 3.28. The Morgan fingerprint density at radius 1 is 1.19 bits per heavy atom. The van der Waals surface area contributed by atoms with Gasteiger partial charge >= 0.3 is 6.09 Å². The van der Waals surface area contributed by atoms with E-state index in [1.54, 1.807) is 31.5 Å². The Bertz CT molecular complexity index is 1410. The predicted octanol–water partition coefficient (Wildman–Crippen LogP) is 4.34. The van der Waals surface area contributed by atoms with Gasteiger partial charge in [0.1, 0.15) is 23.8 Å².